The molecule has 17 heavy (non-hydrogen) atoms. The van der Waals surface area contributed by atoms with E-state index in [0.717, 1.165) is 0 Å². The highest BCUT2D eigenvalue weighted by Crippen LogP contribution is 2.13. The summed E-state index contributed by atoms with van der Waals surface area (Å²) in [5.74, 6) is -1.15. The molecule has 1 amide bonds. The SMILES string of the molecule is CCN(CCC(=O)O)C(=O)c1ccccc1N. The van der Waals surface area contributed by atoms with Crippen molar-refractivity contribution in [3.63, 3.8) is 0 Å². The molecule has 0 aliphatic carbocycles. The number of para-hydroxylation sites is 1. The van der Waals surface area contributed by atoms with Gasteiger partial charge < -0.3 is 15.7 Å². The second-order valence-electron chi connectivity index (χ2n) is 3.62. The van der Waals surface area contributed by atoms with Crippen LogP contribution in [0.2, 0.25) is 0 Å². The van der Waals surface area contributed by atoms with E-state index in [2.05, 4.69) is 0 Å². The average Bonchev–Trinajstić information content (AvgIpc) is 2.29. The number of hydrogen-bond donors (Lipinski definition) is 2. The molecule has 1 aromatic carbocycles. The van der Waals surface area contributed by atoms with Crippen LogP contribution in [0.15, 0.2) is 24.3 Å². The summed E-state index contributed by atoms with van der Waals surface area (Å²) in [6.07, 6.45) is -0.0632. The van der Waals surface area contributed by atoms with Gasteiger partial charge in [0, 0.05) is 18.8 Å². The molecule has 92 valence electrons. The van der Waals surface area contributed by atoms with Gasteiger partial charge in [0.2, 0.25) is 0 Å². The summed E-state index contributed by atoms with van der Waals surface area (Å²) in [6, 6.07) is 6.77. The van der Waals surface area contributed by atoms with E-state index in [1.54, 1.807) is 31.2 Å². The Kier molecular flexibility index (Phi) is 4.51. The molecule has 1 aromatic rings. The number of carbonyl (C=O) groups excluding carboxylic acids is 1. The Hall–Kier alpha value is -2.04. The maximum atomic E-state index is 12.1. The van der Waals surface area contributed by atoms with Crippen LogP contribution in [0.5, 0.6) is 0 Å². The topological polar surface area (TPSA) is 83.6 Å². The number of nitrogen functional groups attached to an aromatic ring is 1. The van der Waals surface area contributed by atoms with Crippen LogP contribution < -0.4 is 5.73 Å². The average molecular weight is 236 g/mol. The summed E-state index contributed by atoms with van der Waals surface area (Å²) in [6.45, 7) is 2.46. The summed E-state index contributed by atoms with van der Waals surface area (Å²) in [7, 11) is 0. The number of rotatable bonds is 5. The highest BCUT2D eigenvalue weighted by molar-refractivity contribution is 5.99. The summed E-state index contributed by atoms with van der Waals surface area (Å²) in [5, 5.41) is 8.60. The van der Waals surface area contributed by atoms with E-state index in [9.17, 15) is 9.59 Å². The fourth-order valence-electron chi connectivity index (χ4n) is 1.50. The summed E-state index contributed by atoms with van der Waals surface area (Å²) in [4.78, 5) is 24.0. The van der Waals surface area contributed by atoms with Crippen LogP contribution in [0.3, 0.4) is 0 Å². The summed E-state index contributed by atoms with van der Waals surface area (Å²) >= 11 is 0. The zero-order chi connectivity index (χ0) is 12.8. The first kappa shape index (κ1) is 13.0. The van der Waals surface area contributed by atoms with Gasteiger partial charge in [-0.25, -0.2) is 0 Å². The van der Waals surface area contributed by atoms with Crippen molar-refractivity contribution in [3.8, 4) is 0 Å². The van der Waals surface area contributed by atoms with E-state index >= 15 is 0 Å². The molecule has 0 atom stereocenters. The van der Waals surface area contributed by atoms with Gasteiger partial charge in [0.25, 0.3) is 5.91 Å². The number of anilines is 1. The lowest BCUT2D eigenvalue weighted by Gasteiger charge is -2.20. The van der Waals surface area contributed by atoms with Gasteiger partial charge in [-0.2, -0.15) is 0 Å². The van der Waals surface area contributed by atoms with Crippen LogP contribution >= 0.6 is 0 Å². The van der Waals surface area contributed by atoms with Gasteiger partial charge in [0.15, 0.2) is 0 Å². The normalized spacial score (nSPS) is 9.94. The monoisotopic (exact) mass is 236 g/mol. The summed E-state index contributed by atoms with van der Waals surface area (Å²) < 4.78 is 0. The Labute approximate surface area is 99.8 Å². The van der Waals surface area contributed by atoms with Crippen molar-refractivity contribution in [3.05, 3.63) is 29.8 Å². The molecule has 3 N–H and O–H groups in total. The van der Waals surface area contributed by atoms with Crippen molar-refractivity contribution in [2.45, 2.75) is 13.3 Å². The van der Waals surface area contributed by atoms with E-state index in [-0.39, 0.29) is 18.9 Å². The highest BCUT2D eigenvalue weighted by atomic mass is 16.4. The Morgan fingerprint density at radius 2 is 2.00 bits per heavy atom. The Balaban J connectivity index is 2.79. The molecule has 0 saturated carbocycles. The lowest BCUT2D eigenvalue weighted by molar-refractivity contribution is -0.137. The van der Waals surface area contributed by atoms with Gasteiger partial charge in [-0.3, -0.25) is 9.59 Å². The fraction of sp³-hybridized carbons (Fsp3) is 0.333. The first-order chi connectivity index (χ1) is 8.06. The first-order valence-electron chi connectivity index (χ1n) is 5.41. The van der Waals surface area contributed by atoms with Crippen LogP contribution in [0.1, 0.15) is 23.7 Å². The Bertz CT molecular complexity index is 418. The van der Waals surface area contributed by atoms with Gasteiger partial charge in [0.05, 0.1) is 12.0 Å². The zero-order valence-electron chi connectivity index (χ0n) is 9.72. The molecule has 5 nitrogen and oxygen atoms in total. The fourth-order valence-corrected chi connectivity index (χ4v) is 1.50. The number of carbonyl (C=O) groups is 2. The van der Waals surface area contributed by atoms with E-state index in [0.29, 0.717) is 17.8 Å². The number of hydrogen-bond acceptors (Lipinski definition) is 3. The number of nitrogens with zero attached hydrogens (tertiary/aromatic N) is 1. The number of amides is 1. The smallest absolute Gasteiger partial charge is 0.305 e. The van der Waals surface area contributed by atoms with Crippen molar-refractivity contribution in [1.29, 1.82) is 0 Å². The molecule has 1 rings (SSSR count). The molecule has 0 aromatic heterocycles. The molecule has 0 unspecified atom stereocenters. The van der Waals surface area contributed by atoms with Crippen molar-refractivity contribution in [2.75, 3.05) is 18.8 Å². The lowest BCUT2D eigenvalue weighted by atomic mass is 10.1. The van der Waals surface area contributed by atoms with Crippen LogP contribution in [0.4, 0.5) is 5.69 Å². The largest absolute Gasteiger partial charge is 0.481 e. The molecule has 0 aliphatic rings. The molecule has 0 bridgehead atoms. The minimum Gasteiger partial charge on any atom is -0.481 e. The van der Waals surface area contributed by atoms with Crippen molar-refractivity contribution < 1.29 is 14.7 Å². The number of benzene rings is 1. The number of nitrogens with two attached hydrogens (primary N) is 1. The Morgan fingerprint density at radius 3 is 2.53 bits per heavy atom. The van der Waals surface area contributed by atoms with Crippen LogP contribution in [0, 0.1) is 0 Å². The molecule has 5 heteroatoms. The third-order valence-corrected chi connectivity index (χ3v) is 2.46. The maximum Gasteiger partial charge on any atom is 0.305 e. The van der Waals surface area contributed by atoms with Gasteiger partial charge in [-0.1, -0.05) is 12.1 Å². The first-order valence-corrected chi connectivity index (χ1v) is 5.41. The van der Waals surface area contributed by atoms with Gasteiger partial charge >= 0.3 is 5.97 Å². The highest BCUT2D eigenvalue weighted by Gasteiger charge is 2.16. The molecule has 0 heterocycles. The second kappa shape index (κ2) is 5.89. The maximum absolute atomic E-state index is 12.1. The molecular weight excluding hydrogens is 220 g/mol. The molecule has 0 fully saturated rings. The number of aliphatic carboxylic acids is 1. The standard InChI is InChI=1S/C12H16N2O3/c1-2-14(8-7-11(15)16)12(17)9-5-3-4-6-10(9)13/h3-6H,2,7-8,13H2,1H3,(H,15,16). The van der Waals surface area contributed by atoms with E-state index < -0.39 is 5.97 Å². The Morgan fingerprint density at radius 1 is 1.35 bits per heavy atom. The minimum atomic E-state index is -0.919. The molecule has 0 spiro atoms. The van der Waals surface area contributed by atoms with Crippen molar-refractivity contribution in [1.82, 2.24) is 4.90 Å². The predicted octanol–water partition coefficient (Wildman–Crippen LogP) is 1.21. The summed E-state index contributed by atoms with van der Waals surface area (Å²) in [5.41, 5.74) is 6.53. The predicted molar refractivity (Wildman–Crippen MR) is 64.7 cm³/mol. The minimum absolute atomic E-state index is 0.0632. The van der Waals surface area contributed by atoms with Crippen molar-refractivity contribution >= 4 is 17.6 Å². The van der Waals surface area contributed by atoms with Crippen LogP contribution in [-0.4, -0.2) is 35.0 Å². The third-order valence-electron chi connectivity index (χ3n) is 2.46. The molecule has 0 radical (unpaired) electrons. The number of carboxylic acid groups (broad SMARTS) is 1. The molecule has 0 saturated heterocycles. The van der Waals surface area contributed by atoms with E-state index in [1.165, 1.54) is 4.90 Å². The lowest BCUT2D eigenvalue weighted by Crippen LogP contribution is -2.33. The van der Waals surface area contributed by atoms with Crippen molar-refractivity contribution in [2.24, 2.45) is 0 Å². The second-order valence-corrected chi connectivity index (χ2v) is 3.62. The zero-order valence-corrected chi connectivity index (χ0v) is 9.72. The molecular formula is C12H16N2O3. The van der Waals surface area contributed by atoms with Crippen LogP contribution in [-0.2, 0) is 4.79 Å². The van der Waals surface area contributed by atoms with Gasteiger partial charge in [-0.15, -0.1) is 0 Å². The number of carboxylic acids is 1. The quantitative estimate of drug-likeness (QED) is 0.752. The van der Waals surface area contributed by atoms with Gasteiger partial charge in [-0.05, 0) is 19.1 Å². The van der Waals surface area contributed by atoms with Gasteiger partial charge in [0.1, 0.15) is 0 Å². The third kappa shape index (κ3) is 3.48. The van der Waals surface area contributed by atoms with Crippen LogP contribution in [0.25, 0.3) is 0 Å². The van der Waals surface area contributed by atoms with E-state index in [4.69, 9.17) is 10.8 Å². The van der Waals surface area contributed by atoms with E-state index in [1.807, 2.05) is 0 Å². The molecule has 0 aliphatic heterocycles.